The molecule has 0 radical (unpaired) electrons. The summed E-state index contributed by atoms with van der Waals surface area (Å²) >= 11 is 0. The quantitative estimate of drug-likeness (QED) is 0.110. The predicted molar refractivity (Wildman–Crippen MR) is 55.8 cm³/mol. The van der Waals surface area contributed by atoms with Crippen LogP contribution in [-0.4, -0.2) is 36.7 Å². The zero-order valence-electron chi connectivity index (χ0n) is 9.26. The second-order valence-electron chi connectivity index (χ2n) is 2.91. The van der Waals surface area contributed by atoms with Crippen LogP contribution < -0.4 is 29.3 Å². The summed E-state index contributed by atoms with van der Waals surface area (Å²) in [5.41, 5.74) is 12.3. The van der Waals surface area contributed by atoms with Crippen molar-refractivity contribution < 1.29 is 27.0 Å². The Morgan fingerprint density at radius 2 is 2.24 bits per heavy atom. The zero-order chi connectivity index (χ0) is 12.6. The number of hydrogen-bond acceptors (Lipinski definition) is 6. The normalized spacial score (nSPS) is 12.2. The van der Waals surface area contributed by atoms with Gasteiger partial charge in [-0.2, -0.15) is 0 Å². The zero-order valence-corrected chi connectivity index (χ0v) is 10.0. The molecule has 17 heavy (non-hydrogen) atoms. The molecule has 0 saturated heterocycles. The molecule has 0 bridgehead atoms. The van der Waals surface area contributed by atoms with E-state index in [0.717, 1.165) is 0 Å². The average molecular weight is 269 g/mol. The van der Waals surface area contributed by atoms with Crippen LogP contribution in [0, 0.1) is 10.1 Å². The Morgan fingerprint density at radius 3 is 2.71 bits per heavy atom. The highest BCUT2D eigenvalue weighted by Gasteiger charge is 2.12. The van der Waals surface area contributed by atoms with Crippen molar-refractivity contribution in [3.63, 3.8) is 0 Å². The summed E-state index contributed by atoms with van der Waals surface area (Å²) in [6, 6.07) is -0.704. The summed E-state index contributed by atoms with van der Waals surface area (Å²) in [7, 11) is 1.25. The van der Waals surface area contributed by atoms with Gasteiger partial charge >= 0.3 is 5.97 Å². The third-order valence-corrected chi connectivity index (χ3v) is 1.67. The van der Waals surface area contributed by atoms with Crippen molar-refractivity contribution in [1.82, 2.24) is 5.43 Å². The molecule has 0 aliphatic rings. The second-order valence-corrected chi connectivity index (χ2v) is 2.91. The number of nitro groups is 1. The first-order valence-electron chi connectivity index (χ1n) is 4.51. The van der Waals surface area contributed by atoms with Gasteiger partial charge in [-0.25, -0.2) is 15.1 Å². The fraction of sp³-hybridized carbons (Fsp3) is 0.714. The summed E-state index contributed by atoms with van der Waals surface area (Å²) in [6.45, 7) is 0.247. The number of halogens is 1. The summed E-state index contributed by atoms with van der Waals surface area (Å²) < 4.78 is 4.42. The maximum atomic E-state index is 10.9. The lowest BCUT2D eigenvalue weighted by atomic mass is 10.2. The van der Waals surface area contributed by atoms with Gasteiger partial charge in [-0.05, 0) is 12.8 Å². The van der Waals surface area contributed by atoms with Crippen LogP contribution in [0.5, 0.6) is 0 Å². The van der Waals surface area contributed by atoms with Crippen molar-refractivity contribution >= 4 is 11.9 Å². The maximum Gasteiger partial charge on any atom is 0.322 e. The Bertz CT molecular complexity index is 285. The number of guanidine groups is 1. The molecular formula is C7H15ClN5O4-. The predicted octanol–water partition coefficient (Wildman–Crippen LogP) is -4.63. The van der Waals surface area contributed by atoms with E-state index in [2.05, 4.69) is 9.73 Å². The Balaban J connectivity index is 0. The number of hydrazine groups is 1. The Kier molecular flexibility index (Phi) is 10.0. The minimum absolute atomic E-state index is 0. The lowest BCUT2D eigenvalue weighted by molar-refractivity contribution is -0.525. The fourth-order valence-electron chi connectivity index (χ4n) is 0.909. The van der Waals surface area contributed by atoms with E-state index in [-0.39, 0.29) is 24.9 Å². The van der Waals surface area contributed by atoms with Gasteiger partial charge in [0.1, 0.15) is 6.04 Å². The molecule has 0 aromatic carbocycles. The first-order valence-corrected chi connectivity index (χ1v) is 4.51. The number of aliphatic imine (C=N–C) groups is 1. The van der Waals surface area contributed by atoms with Gasteiger partial charge in [0, 0.05) is 6.54 Å². The molecule has 0 fully saturated rings. The number of nitrogens with zero attached hydrogens (tertiary/aromatic N) is 2. The van der Waals surface area contributed by atoms with Gasteiger partial charge in [-0.1, -0.05) is 5.43 Å². The van der Waals surface area contributed by atoms with Crippen LogP contribution in [0.25, 0.3) is 0 Å². The standard InChI is InChI=1S/C7H15N5O4.ClH/c1-16-6(13)5(8)3-2-4-10-7(9)11-12(14)15;/h5H,2-4,8H2,1H3,(H3,9,10,11);1H/p-1. The fourth-order valence-corrected chi connectivity index (χ4v) is 0.909. The largest absolute Gasteiger partial charge is 1.00 e. The Labute approximate surface area is 104 Å². The van der Waals surface area contributed by atoms with Gasteiger partial charge in [-0.3, -0.25) is 4.79 Å². The van der Waals surface area contributed by atoms with Crippen molar-refractivity contribution in [2.45, 2.75) is 18.9 Å². The van der Waals surface area contributed by atoms with Crippen molar-refractivity contribution in [2.24, 2.45) is 16.5 Å². The van der Waals surface area contributed by atoms with E-state index in [0.29, 0.717) is 12.8 Å². The first-order chi connectivity index (χ1) is 7.47. The molecule has 0 aliphatic heterocycles. The number of carbonyl (C=O) groups excluding carboxylic acids is 1. The van der Waals surface area contributed by atoms with Crippen molar-refractivity contribution in [3.05, 3.63) is 10.1 Å². The van der Waals surface area contributed by atoms with E-state index >= 15 is 0 Å². The first kappa shape index (κ1) is 17.8. The van der Waals surface area contributed by atoms with Gasteiger partial charge in [0.15, 0.2) is 5.03 Å². The molecule has 0 aromatic rings. The molecule has 0 amide bonds. The topological polar surface area (TPSA) is 146 Å². The molecule has 1 unspecified atom stereocenters. The highest BCUT2D eigenvalue weighted by atomic mass is 35.5. The van der Waals surface area contributed by atoms with E-state index in [9.17, 15) is 14.9 Å². The lowest BCUT2D eigenvalue weighted by Gasteiger charge is -2.07. The third-order valence-electron chi connectivity index (χ3n) is 1.67. The van der Waals surface area contributed by atoms with Crippen LogP contribution in [0.3, 0.4) is 0 Å². The lowest BCUT2D eigenvalue weighted by Crippen LogP contribution is -3.00. The molecule has 0 aliphatic carbocycles. The van der Waals surface area contributed by atoms with Gasteiger partial charge in [0.05, 0.1) is 7.11 Å². The smallest absolute Gasteiger partial charge is 0.322 e. The Hall–Kier alpha value is -1.61. The number of carbonyl (C=O) groups is 1. The maximum absolute atomic E-state index is 10.9. The minimum atomic E-state index is -0.807. The van der Waals surface area contributed by atoms with Gasteiger partial charge in [-0.15, -0.1) is 0 Å². The summed E-state index contributed by atoms with van der Waals surface area (Å²) in [5, 5.41) is 9.12. The number of methoxy groups -OCH3 is 1. The molecule has 0 spiro atoms. The Morgan fingerprint density at radius 1 is 1.65 bits per heavy atom. The summed E-state index contributed by atoms with van der Waals surface area (Å²) in [6.07, 6.45) is 0.859. The van der Waals surface area contributed by atoms with Gasteiger partial charge in [0.2, 0.25) is 0 Å². The average Bonchev–Trinajstić information content (AvgIpc) is 2.21. The van der Waals surface area contributed by atoms with Gasteiger partial charge in [0.25, 0.3) is 5.96 Å². The SMILES string of the molecule is COC(=O)C(N)CCCN=C(N)N[N+](=O)[O-].[Cl-]. The van der Waals surface area contributed by atoms with Crippen LogP contribution in [0.2, 0.25) is 0 Å². The number of rotatable bonds is 6. The van der Waals surface area contributed by atoms with E-state index in [4.69, 9.17) is 11.5 Å². The highest BCUT2D eigenvalue weighted by Crippen LogP contribution is 1.96. The highest BCUT2D eigenvalue weighted by molar-refractivity contribution is 5.76. The van der Waals surface area contributed by atoms with E-state index in [1.54, 1.807) is 5.43 Å². The van der Waals surface area contributed by atoms with Crippen LogP contribution in [0.1, 0.15) is 12.8 Å². The molecule has 9 nitrogen and oxygen atoms in total. The van der Waals surface area contributed by atoms with Crippen molar-refractivity contribution in [1.29, 1.82) is 0 Å². The molecule has 1 atom stereocenters. The van der Waals surface area contributed by atoms with Crippen LogP contribution in [-0.2, 0) is 9.53 Å². The molecule has 0 saturated carbocycles. The number of hydrogen-bond donors (Lipinski definition) is 3. The molecule has 0 rings (SSSR count). The van der Waals surface area contributed by atoms with E-state index < -0.39 is 17.0 Å². The molecule has 5 N–H and O–H groups in total. The van der Waals surface area contributed by atoms with Crippen LogP contribution in [0.15, 0.2) is 4.99 Å². The van der Waals surface area contributed by atoms with Crippen LogP contribution >= 0.6 is 0 Å². The van der Waals surface area contributed by atoms with E-state index in [1.165, 1.54) is 7.11 Å². The second kappa shape index (κ2) is 9.60. The number of nitrogens with two attached hydrogens (primary N) is 2. The number of esters is 1. The number of nitrogens with one attached hydrogen (secondary N) is 1. The van der Waals surface area contributed by atoms with E-state index in [1.807, 2.05) is 0 Å². The third kappa shape index (κ3) is 9.33. The number of ether oxygens (including phenoxy) is 1. The summed E-state index contributed by atoms with van der Waals surface area (Å²) in [4.78, 5) is 24.5. The minimum Gasteiger partial charge on any atom is -1.00 e. The molecule has 10 heteroatoms. The summed E-state index contributed by atoms with van der Waals surface area (Å²) in [5.74, 6) is -0.781. The molecular weight excluding hydrogens is 254 g/mol. The van der Waals surface area contributed by atoms with Crippen molar-refractivity contribution in [3.8, 4) is 0 Å². The molecule has 100 valence electrons. The van der Waals surface area contributed by atoms with Crippen LogP contribution in [0.4, 0.5) is 0 Å². The molecule has 0 aromatic heterocycles. The van der Waals surface area contributed by atoms with Gasteiger partial charge < -0.3 is 28.6 Å². The van der Waals surface area contributed by atoms with Crippen molar-refractivity contribution in [2.75, 3.05) is 13.7 Å². The molecule has 0 heterocycles. The monoisotopic (exact) mass is 268 g/mol.